The highest BCUT2D eigenvalue weighted by atomic mass is 79.9. The van der Waals surface area contributed by atoms with Crippen LogP contribution in [0.4, 0.5) is 0 Å². The Hall–Kier alpha value is -8.94. The molecule has 16 aromatic rings. The van der Waals surface area contributed by atoms with E-state index in [4.69, 9.17) is 9.97 Å². The number of aromatic nitrogens is 4. The van der Waals surface area contributed by atoms with Crippen LogP contribution in [0.2, 0.25) is 0 Å². The van der Waals surface area contributed by atoms with Gasteiger partial charge in [0, 0.05) is 31.4 Å². The molecule has 0 aliphatic heterocycles. The maximum absolute atomic E-state index is 5.20. The zero-order valence-electron chi connectivity index (χ0n) is 40.8. The monoisotopic (exact) mass is 1100 g/mol. The minimum Gasteiger partial charge on any atom is -0.292 e. The fourth-order valence-electron chi connectivity index (χ4n) is 11.7. The lowest BCUT2D eigenvalue weighted by atomic mass is 9.90. The van der Waals surface area contributed by atoms with Gasteiger partial charge < -0.3 is 0 Å². The molecule has 0 spiro atoms. The van der Waals surface area contributed by atoms with E-state index in [-0.39, 0.29) is 0 Å². The Kier molecular flexibility index (Phi) is 10.5. The highest BCUT2D eigenvalue weighted by Crippen LogP contribution is 2.42. The molecule has 76 heavy (non-hydrogen) atoms. The minimum absolute atomic E-state index is 0.934. The number of imidazole rings is 2. The van der Waals surface area contributed by atoms with Crippen LogP contribution in [0, 0.1) is 0 Å². The highest BCUT2D eigenvalue weighted by Gasteiger charge is 2.19. The molecular formula is C70H42Br2N4. The van der Waals surface area contributed by atoms with Gasteiger partial charge in [-0.1, -0.05) is 214 Å². The molecule has 4 nitrogen and oxygen atoms in total. The Morgan fingerprint density at radius 3 is 1.04 bits per heavy atom. The van der Waals surface area contributed by atoms with E-state index in [1.54, 1.807) is 0 Å². The molecule has 2 aromatic heterocycles. The van der Waals surface area contributed by atoms with Crippen LogP contribution in [-0.4, -0.2) is 19.1 Å². The second-order valence-corrected chi connectivity index (χ2v) is 21.4. The van der Waals surface area contributed by atoms with Crippen LogP contribution in [-0.2, 0) is 0 Å². The first-order chi connectivity index (χ1) is 37.5. The second kappa shape index (κ2) is 17.9. The van der Waals surface area contributed by atoms with Gasteiger partial charge in [-0.3, -0.25) is 9.13 Å². The predicted octanol–water partition coefficient (Wildman–Crippen LogP) is 20.0. The summed E-state index contributed by atoms with van der Waals surface area (Å²) < 4.78 is 6.63. The lowest BCUT2D eigenvalue weighted by Crippen LogP contribution is -1.98. The van der Waals surface area contributed by atoms with Gasteiger partial charge in [-0.05, 0) is 160 Å². The molecule has 0 unspecified atom stereocenters. The molecule has 0 atom stereocenters. The molecule has 0 aliphatic carbocycles. The number of hydrogen-bond acceptors (Lipinski definition) is 2. The van der Waals surface area contributed by atoms with E-state index in [1.165, 1.54) is 86.9 Å². The number of fused-ring (bicyclic) bond motifs is 2. The summed E-state index contributed by atoms with van der Waals surface area (Å²) in [6.07, 6.45) is 0. The number of hydrogen-bond donors (Lipinski definition) is 0. The molecule has 2 heterocycles. The van der Waals surface area contributed by atoms with Crippen molar-refractivity contribution in [2.45, 2.75) is 0 Å². The van der Waals surface area contributed by atoms with Gasteiger partial charge in [-0.15, -0.1) is 0 Å². The Balaban J connectivity index is 0.000000184. The summed E-state index contributed by atoms with van der Waals surface area (Å²) in [5, 5.41) is 15.7. The smallest absolute Gasteiger partial charge is 0.145 e. The second-order valence-electron chi connectivity index (χ2n) is 19.6. The van der Waals surface area contributed by atoms with E-state index in [9.17, 15) is 0 Å². The van der Waals surface area contributed by atoms with Crippen LogP contribution < -0.4 is 0 Å². The summed E-state index contributed by atoms with van der Waals surface area (Å²) in [6, 6.07) is 91.5. The van der Waals surface area contributed by atoms with Gasteiger partial charge in [0.25, 0.3) is 0 Å². The molecule has 16 rings (SSSR count). The van der Waals surface area contributed by atoms with Crippen molar-refractivity contribution in [1.82, 2.24) is 19.1 Å². The van der Waals surface area contributed by atoms with E-state index in [1.807, 2.05) is 30.3 Å². The third-order valence-corrected chi connectivity index (χ3v) is 16.3. The van der Waals surface area contributed by atoms with Crippen molar-refractivity contribution in [3.8, 4) is 56.4 Å². The van der Waals surface area contributed by atoms with Crippen LogP contribution in [0.1, 0.15) is 0 Å². The molecule has 0 fully saturated rings. The van der Waals surface area contributed by atoms with E-state index in [0.717, 1.165) is 65.2 Å². The van der Waals surface area contributed by atoms with Crippen molar-refractivity contribution >= 4 is 119 Å². The van der Waals surface area contributed by atoms with Crippen molar-refractivity contribution in [3.63, 3.8) is 0 Å². The number of nitrogens with zero attached hydrogens (tertiary/aromatic N) is 4. The SMILES string of the molecule is Brc1ccc(-c2nc3ccccc3n2-c2ccc(Br)cc2)cc1.c1cc2ccc3ccc(-c4ccc(-c5nc6ccccc6n5-c5ccc(-c6ccc7ccc8cccc9ccc6c7c89)cc5)cc4)c4ccc(c1)c2c34. The van der Waals surface area contributed by atoms with Gasteiger partial charge in [0.1, 0.15) is 11.6 Å². The Labute approximate surface area is 454 Å². The summed E-state index contributed by atoms with van der Waals surface area (Å²) >= 11 is 6.99. The number of halogens is 2. The molecular weight excluding hydrogens is 1060 g/mol. The van der Waals surface area contributed by atoms with Gasteiger partial charge in [-0.25, -0.2) is 9.97 Å². The average molecular weight is 1100 g/mol. The summed E-state index contributed by atoms with van der Waals surface area (Å²) in [5.41, 5.74) is 13.4. The fraction of sp³-hybridized carbons (Fsp3) is 0. The minimum atomic E-state index is 0.934. The van der Waals surface area contributed by atoms with Crippen molar-refractivity contribution in [1.29, 1.82) is 0 Å². The van der Waals surface area contributed by atoms with Crippen molar-refractivity contribution in [3.05, 3.63) is 264 Å². The number of rotatable bonds is 6. The van der Waals surface area contributed by atoms with Gasteiger partial charge in [0.2, 0.25) is 0 Å². The first-order valence-corrected chi connectivity index (χ1v) is 27.1. The van der Waals surface area contributed by atoms with Gasteiger partial charge in [-0.2, -0.15) is 0 Å². The maximum atomic E-state index is 5.20. The van der Waals surface area contributed by atoms with Gasteiger partial charge in [0.15, 0.2) is 0 Å². The fourth-order valence-corrected chi connectivity index (χ4v) is 12.2. The summed E-state index contributed by atoms with van der Waals surface area (Å²) in [4.78, 5) is 10.0. The van der Waals surface area contributed by atoms with Gasteiger partial charge in [0.05, 0.1) is 22.1 Å². The molecule has 0 aliphatic rings. The lowest BCUT2D eigenvalue weighted by molar-refractivity contribution is 1.10. The Morgan fingerprint density at radius 1 is 0.263 bits per heavy atom. The van der Waals surface area contributed by atoms with Crippen LogP contribution in [0.15, 0.2) is 264 Å². The highest BCUT2D eigenvalue weighted by molar-refractivity contribution is 9.10. The van der Waals surface area contributed by atoms with E-state index < -0.39 is 0 Å². The summed E-state index contributed by atoms with van der Waals surface area (Å²) in [7, 11) is 0. The quantitative estimate of drug-likeness (QED) is 0.156. The molecule has 14 aromatic carbocycles. The van der Waals surface area contributed by atoms with Crippen LogP contribution in [0.25, 0.3) is 143 Å². The summed E-state index contributed by atoms with van der Waals surface area (Å²) in [5.74, 6) is 1.88. The Morgan fingerprint density at radius 2 is 0.592 bits per heavy atom. The van der Waals surface area contributed by atoms with Crippen LogP contribution in [0.3, 0.4) is 0 Å². The molecule has 0 N–H and O–H groups in total. The van der Waals surface area contributed by atoms with E-state index in [0.29, 0.717) is 0 Å². The first kappa shape index (κ1) is 44.5. The normalized spacial score (nSPS) is 11.8. The summed E-state index contributed by atoms with van der Waals surface area (Å²) in [6.45, 7) is 0. The molecule has 0 saturated carbocycles. The average Bonchev–Trinajstić information content (AvgIpc) is 4.09. The molecule has 0 amide bonds. The Bertz CT molecular complexity index is 4830. The largest absolute Gasteiger partial charge is 0.292 e. The molecule has 0 saturated heterocycles. The maximum Gasteiger partial charge on any atom is 0.145 e. The van der Waals surface area contributed by atoms with Crippen molar-refractivity contribution in [2.24, 2.45) is 0 Å². The molecule has 0 bridgehead atoms. The first-order valence-electron chi connectivity index (χ1n) is 25.5. The molecule has 0 radical (unpaired) electrons. The molecule has 6 heteroatoms. The molecule has 356 valence electrons. The standard InChI is InChI=1S/C51H30N2.C19H12Br2N2/c1-2-10-46-45(9-1)52-51(39-17-11-31(12-18-39)41-27-21-37-15-13-33-5-3-7-35-23-29-43(41)49(37)47(33)35)53(46)40-25-19-32(20-26-40)42-28-22-38-16-14-34-6-4-8-36-24-30-44(42)50(38)48(34)36;20-14-7-5-13(6-8-14)19-22-17-3-1-2-4-18(17)23(19)16-11-9-15(21)10-12-16/h1-30H;1-12H. The third kappa shape index (κ3) is 7.31. The predicted molar refractivity (Wildman–Crippen MR) is 327 cm³/mol. The van der Waals surface area contributed by atoms with Crippen LogP contribution >= 0.6 is 31.9 Å². The van der Waals surface area contributed by atoms with E-state index >= 15 is 0 Å². The number of para-hydroxylation sites is 4. The zero-order chi connectivity index (χ0) is 50.4. The van der Waals surface area contributed by atoms with E-state index in [2.05, 4.69) is 265 Å². The topological polar surface area (TPSA) is 35.6 Å². The zero-order valence-corrected chi connectivity index (χ0v) is 44.0. The third-order valence-electron chi connectivity index (χ3n) is 15.3. The lowest BCUT2D eigenvalue weighted by Gasteiger charge is -2.15. The van der Waals surface area contributed by atoms with Crippen molar-refractivity contribution in [2.75, 3.05) is 0 Å². The number of benzene rings is 14. The van der Waals surface area contributed by atoms with Gasteiger partial charge >= 0.3 is 0 Å². The van der Waals surface area contributed by atoms with Crippen LogP contribution in [0.5, 0.6) is 0 Å². The van der Waals surface area contributed by atoms with Crippen molar-refractivity contribution < 1.29 is 0 Å².